The number of hydrogen-bond donors (Lipinski definition) is 0. The first-order chi connectivity index (χ1) is 11.1. The molecule has 1 radical (unpaired) electrons. The molecule has 4 heterocycles. The molecule has 0 fully saturated rings. The van der Waals surface area contributed by atoms with E-state index >= 15 is 0 Å². The maximum absolute atomic E-state index is 12.5. The summed E-state index contributed by atoms with van der Waals surface area (Å²) in [6, 6.07) is 5.25. The molecule has 4 rings (SSSR count). The number of aliphatic imine (C=N–C) groups is 1. The standard InChI is InChI=1S/C17H13N4O2/c1-10-2-3-14-20-12(9-21(14)8-10)6-11-7-19-15-13(22)4-5-18-16(15)17(11)23/h2-5,7-9,11H,6H2,1H3. The van der Waals surface area contributed by atoms with Crippen molar-refractivity contribution in [3.8, 4) is 5.75 Å². The molecule has 0 aliphatic carbocycles. The number of rotatable bonds is 2. The van der Waals surface area contributed by atoms with Crippen molar-refractivity contribution in [2.45, 2.75) is 13.3 Å². The van der Waals surface area contributed by atoms with Crippen LogP contribution in [-0.2, 0) is 11.5 Å². The van der Waals surface area contributed by atoms with Crippen molar-refractivity contribution in [3.63, 3.8) is 0 Å². The van der Waals surface area contributed by atoms with Crippen LogP contribution in [0.2, 0.25) is 0 Å². The molecule has 1 atom stereocenters. The van der Waals surface area contributed by atoms with E-state index in [4.69, 9.17) is 0 Å². The third-order valence-electron chi connectivity index (χ3n) is 3.92. The topological polar surface area (TPSA) is 79.5 Å². The lowest BCUT2D eigenvalue weighted by Gasteiger charge is -2.15. The molecule has 3 aromatic heterocycles. The predicted octanol–water partition coefficient (Wildman–Crippen LogP) is 2.94. The Kier molecular flexibility index (Phi) is 2.97. The number of nitrogens with zero attached hydrogens (tertiary/aromatic N) is 4. The average molecular weight is 305 g/mol. The van der Waals surface area contributed by atoms with Gasteiger partial charge in [-0.2, -0.15) is 0 Å². The Morgan fingerprint density at radius 2 is 2.09 bits per heavy atom. The van der Waals surface area contributed by atoms with Crippen molar-refractivity contribution in [1.82, 2.24) is 14.4 Å². The highest BCUT2D eigenvalue weighted by molar-refractivity contribution is 6.11. The molecule has 0 amide bonds. The van der Waals surface area contributed by atoms with E-state index < -0.39 is 5.92 Å². The lowest BCUT2D eigenvalue weighted by Crippen LogP contribution is -2.23. The predicted molar refractivity (Wildman–Crippen MR) is 84.0 cm³/mol. The van der Waals surface area contributed by atoms with Crippen LogP contribution < -0.4 is 0 Å². The van der Waals surface area contributed by atoms with Gasteiger partial charge in [-0.1, -0.05) is 6.07 Å². The van der Waals surface area contributed by atoms with Crippen molar-refractivity contribution >= 4 is 23.3 Å². The molecule has 0 saturated carbocycles. The van der Waals surface area contributed by atoms with Gasteiger partial charge in [0.15, 0.2) is 5.78 Å². The normalized spacial score (nSPS) is 16.7. The van der Waals surface area contributed by atoms with Gasteiger partial charge in [-0.15, -0.1) is 0 Å². The zero-order valence-corrected chi connectivity index (χ0v) is 12.4. The molecule has 0 spiro atoms. The van der Waals surface area contributed by atoms with Crippen LogP contribution in [0, 0.1) is 12.8 Å². The lowest BCUT2D eigenvalue weighted by atomic mass is 9.94. The van der Waals surface area contributed by atoms with Crippen molar-refractivity contribution in [2.24, 2.45) is 10.9 Å². The van der Waals surface area contributed by atoms with Crippen LogP contribution in [-0.4, -0.2) is 26.4 Å². The third-order valence-corrected chi connectivity index (χ3v) is 3.92. The van der Waals surface area contributed by atoms with Crippen LogP contribution in [0.3, 0.4) is 0 Å². The van der Waals surface area contributed by atoms with Crippen LogP contribution in [0.1, 0.15) is 21.7 Å². The monoisotopic (exact) mass is 305 g/mol. The second kappa shape index (κ2) is 5.01. The fourth-order valence-corrected chi connectivity index (χ4v) is 2.77. The maximum Gasteiger partial charge on any atom is 0.208 e. The van der Waals surface area contributed by atoms with E-state index in [-0.39, 0.29) is 22.9 Å². The molecule has 23 heavy (non-hydrogen) atoms. The van der Waals surface area contributed by atoms with Gasteiger partial charge in [0.25, 0.3) is 0 Å². The minimum absolute atomic E-state index is 0.138. The first kappa shape index (κ1) is 13.6. The minimum Gasteiger partial charge on any atom is -0.307 e. The highest BCUT2D eigenvalue weighted by Gasteiger charge is 2.29. The molecular weight excluding hydrogens is 292 g/mol. The fraction of sp³-hybridized carbons (Fsp3) is 0.176. The molecule has 1 unspecified atom stereocenters. The van der Waals surface area contributed by atoms with Gasteiger partial charge in [0, 0.05) is 37.3 Å². The van der Waals surface area contributed by atoms with Gasteiger partial charge in [-0.05, 0) is 18.6 Å². The smallest absolute Gasteiger partial charge is 0.208 e. The van der Waals surface area contributed by atoms with Gasteiger partial charge in [0.2, 0.25) is 5.75 Å². The number of Topliss-reactive ketones (excluding diaryl/α,β-unsaturated/α-hetero) is 1. The Morgan fingerprint density at radius 3 is 2.96 bits per heavy atom. The zero-order valence-electron chi connectivity index (χ0n) is 12.4. The molecule has 0 N–H and O–H groups in total. The van der Waals surface area contributed by atoms with Crippen LogP contribution in [0.25, 0.3) is 5.65 Å². The van der Waals surface area contributed by atoms with Gasteiger partial charge < -0.3 is 4.40 Å². The maximum atomic E-state index is 12.5. The van der Waals surface area contributed by atoms with Gasteiger partial charge in [0.1, 0.15) is 17.0 Å². The fourth-order valence-electron chi connectivity index (χ4n) is 2.77. The second-order valence-electron chi connectivity index (χ2n) is 5.66. The molecule has 3 aromatic rings. The molecular formula is C17H13N4O2. The highest BCUT2D eigenvalue weighted by atomic mass is 16.3. The van der Waals surface area contributed by atoms with E-state index in [1.54, 1.807) is 0 Å². The van der Waals surface area contributed by atoms with Crippen LogP contribution in [0.15, 0.2) is 41.8 Å². The molecule has 113 valence electrons. The summed E-state index contributed by atoms with van der Waals surface area (Å²) in [6.45, 7) is 2.01. The third kappa shape index (κ3) is 2.28. The SMILES string of the molecule is Cc1ccc2nc(CC3C=Nc4c([O])ccnc4C3=O)cn2c1. The number of aryl methyl sites for hydroxylation is 1. The van der Waals surface area contributed by atoms with E-state index in [0.717, 1.165) is 16.9 Å². The number of carbonyl (C=O) groups excluding carboxylic acids is 1. The summed E-state index contributed by atoms with van der Waals surface area (Å²) < 4.78 is 1.94. The summed E-state index contributed by atoms with van der Waals surface area (Å²) >= 11 is 0. The average Bonchev–Trinajstić information content (AvgIpc) is 2.92. The molecule has 6 heteroatoms. The second-order valence-corrected chi connectivity index (χ2v) is 5.66. The van der Waals surface area contributed by atoms with Crippen molar-refractivity contribution in [3.05, 3.63) is 53.7 Å². The van der Waals surface area contributed by atoms with Gasteiger partial charge >= 0.3 is 0 Å². The molecule has 0 bridgehead atoms. The Bertz CT molecular complexity index is 958. The molecule has 1 aliphatic rings. The van der Waals surface area contributed by atoms with Gasteiger partial charge in [0.05, 0.1) is 11.6 Å². The van der Waals surface area contributed by atoms with Crippen molar-refractivity contribution in [1.29, 1.82) is 0 Å². The van der Waals surface area contributed by atoms with Crippen molar-refractivity contribution < 1.29 is 9.90 Å². The van der Waals surface area contributed by atoms with E-state index in [1.807, 2.05) is 35.9 Å². The number of ketones is 1. The van der Waals surface area contributed by atoms with Crippen LogP contribution in [0.5, 0.6) is 5.75 Å². The number of fused-ring (bicyclic) bond motifs is 2. The quantitative estimate of drug-likeness (QED) is 0.730. The Balaban J connectivity index is 1.65. The highest BCUT2D eigenvalue weighted by Crippen LogP contribution is 2.33. The van der Waals surface area contributed by atoms with E-state index in [0.29, 0.717) is 6.42 Å². The number of aromatic nitrogens is 3. The Hall–Kier alpha value is -3.02. The van der Waals surface area contributed by atoms with Gasteiger partial charge in [-0.25, -0.2) is 4.98 Å². The Morgan fingerprint density at radius 1 is 1.22 bits per heavy atom. The summed E-state index contributed by atoms with van der Waals surface area (Å²) in [4.78, 5) is 25.2. The summed E-state index contributed by atoms with van der Waals surface area (Å²) in [5.41, 5.74) is 3.08. The van der Waals surface area contributed by atoms with E-state index in [9.17, 15) is 9.90 Å². The molecule has 0 saturated heterocycles. The van der Waals surface area contributed by atoms with Crippen LogP contribution in [0.4, 0.5) is 5.69 Å². The summed E-state index contributed by atoms with van der Waals surface area (Å²) in [6.07, 6.45) is 7.22. The lowest BCUT2D eigenvalue weighted by molar-refractivity contribution is 0.0948. The van der Waals surface area contributed by atoms with E-state index in [2.05, 4.69) is 15.0 Å². The summed E-state index contributed by atoms with van der Waals surface area (Å²) in [5, 5.41) is 11.7. The first-order valence-electron chi connectivity index (χ1n) is 7.30. The minimum atomic E-state index is -0.442. The number of imidazole rings is 1. The number of pyridine rings is 2. The molecule has 1 aliphatic heterocycles. The summed E-state index contributed by atoms with van der Waals surface area (Å²) in [7, 11) is 0. The van der Waals surface area contributed by atoms with Crippen LogP contribution >= 0.6 is 0 Å². The largest absolute Gasteiger partial charge is 0.307 e. The van der Waals surface area contributed by atoms with Crippen molar-refractivity contribution in [2.75, 3.05) is 0 Å². The van der Waals surface area contributed by atoms with E-state index in [1.165, 1.54) is 18.5 Å². The molecule has 0 aromatic carbocycles. The first-order valence-corrected chi connectivity index (χ1v) is 7.30. The Labute approximate surface area is 132 Å². The van der Waals surface area contributed by atoms with Gasteiger partial charge in [-0.3, -0.25) is 19.9 Å². The number of hydrogen-bond acceptors (Lipinski definition) is 4. The number of carbonyl (C=O) groups is 1. The zero-order chi connectivity index (χ0) is 16.0. The molecule has 6 nitrogen and oxygen atoms in total. The summed E-state index contributed by atoms with van der Waals surface area (Å²) in [5.74, 6) is -0.898.